The highest BCUT2D eigenvalue weighted by Gasteiger charge is 2.45. The van der Waals surface area contributed by atoms with Gasteiger partial charge in [0.05, 0.1) is 13.2 Å². The van der Waals surface area contributed by atoms with Gasteiger partial charge in [0.1, 0.15) is 23.6 Å². The Morgan fingerprint density at radius 2 is 1.73 bits per heavy atom. The van der Waals surface area contributed by atoms with Crippen molar-refractivity contribution in [1.29, 1.82) is 0 Å². The zero-order valence-electron chi connectivity index (χ0n) is 19.5. The molecule has 1 N–H and O–H groups in total. The van der Waals surface area contributed by atoms with Crippen LogP contribution < -0.4 is 10.1 Å². The Bertz CT molecular complexity index is 1050. The van der Waals surface area contributed by atoms with Crippen molar-refractivity contribution in [1.82, 2.24) is 0 Å². The third-order valence-electron chi connectivity index (χ3n) is 5.88. The first-order valence-corrected chi connectivity index (χ1v) is 11.9. The quantitative estimate of drug-likeness (QED) is 0.376. The van der Waals surface area contributed by atoms with Crippen LogP contribution in [0.4, 0.5) is 5.69 Å². The van der Waals surface area contributed by atoms with E-state index in [-0.39, 0.29) is 12.2 Å². The Balaban J connectivity index is 1.59. The van der Waals surface area contributed by atoms with E-state index in [1.165, 1.54) is 5.56 Å². The fraction of sp³-hybridized carbons (Fsp3) is 0.357. The Kier molecular flexibility index (Phi) is 7.59. The molecule has 4 rings (SSSR count). The van der Waals surface area contributed by atoms with Crippen LogP contribution in [-0.2, 0) is 22.5 Å². The van der Waals surface area contributed by atoms with Crippen LogP contribution in [0.1, 0.15) is 43.6 Å². The lowest BCUT2D eigenvalue weighted by Gasteiger charge is -2.44. The second-order valence-electron chi connectivity index (χ2n) is 8.88. The molecule has 0 spiro atoms. The average molecular weight is 466 g/mol. The van der Waals surface area contributed by atoms with Crippen molar-refractivity contribution >= 4 is 17.3 Å². The van der Waals surface area contributed by atoms with Crippen LogP contribution in [0.3, 0.4) is 0 Å². The molecule has 4 nitrogen and oxygen atoms in total. The first-order chi connectivity index (χ1) is 16.0. The molecule has 1 aliphatic rings. The Morgan fingerprint density at radius 3 is 2.48 bits per heavy atom. The lowest BCUT2D eigenvalue weighted by Crippen LogP contribution is -2.51. The highest BCUT2D eigenvalue weighted by molar-refractivity contribution is 6.30. The van der Waals surface area contributed by atoms with Gasteiger partial charge in [-0.1, -0.05) is 54.1 Å². The van der Waals surface area contributed by atoms with E-state index >= 15 is 0 Å². The fourth-order valence-electron chi connectivity index (χ4n) is 4.27. The van der Waals surface area contributed by atoms with Gasteiger partial charge < -0.3 is 19.5 Å². The van der Waals surface area contributed by atoms with Crippen LogP contribution in [0.25, 0.3) is 0 Å². The Labute approximate surface area is 201 Å². The van der Waals surface area contributed by atoms with Gasteiger partial charge in [-0.3, -0.25) is 0 Å². The second-order valence-corrected chi connectivity index (χ2v) is 9.31. The van der Waals surface area contributed by atoms with E-state index in [4.69, 9.17) is 25.8 Å². The van der Waals surface area contributed by atoms with E-state index in [0.29, 0.717) is 18.2 Å². The molecule has 0 saturated carbocycles. The molecule has 33 heavy (non-hydrogen) atoms. The van der Waals surface area contributed by atoms with E-state index in [0.717, 1.165) is 35.5 Å². The molecule has 0 saturated heterocycles. The number of ether oxygens (including phenoxy) is 3. The van der Waals surface area contributed by atoms with Gasteiger partial charge in [-0.25, -0.2) is 0 Å². The summed E-state index contributed by atoms with van der Waals surface area (Å²) in [6.45, 7) is 8.07. The predicted molar refractivity (Wildman–Crippen MR) is 134 cm³/mol. The lowest BCUT2D eigenvalue weighted by atomic mass is 9.87. The first-order valence-electron chi connectivity index (χ1n) is 11.5. The molecule has 0 aliphatic carbocycles. The van der Waals surface area contributed by atoms with Gasteiger partial charge in [0.25, 0.3) is 0 Å². The first kappa shape index (κ1) is 23.6. The molecule has 0 amide bonds. The highest BCUT2D eigenvalue weighted by atomic mass is 35.5. The van der Waals surface area contributed by atoms with E-state index in [2.05, 4.69) is 56.4 Å². The van der Waals surface area contributed by atoms with Crippen molar-refractivity contribution in [3.63, 3.8) is 0 Å². The third-order valence-corrected chi connectivity index (χ3v) is 6.12. The molecular weight excluding hydrogens is 434 g/mol. The minimum atomic E-state index is -0.567. The lowest BCUT2D eigenvalue weighted by molar-refractivity contribution is -0.167. The summed E-state index contributed by atoms with van der Waals surface area (Å²) < 4.78 is 19.4. The maximum absolute atomic E-state index is 6.55. The summed E-state index contributed by atoms with van der Waals surface area (Å²) in [6.07, 6.45) is 0.281. The maximum Gasteiger partial charge on any atom is 0.132 e. The molecule has 2 atom stereocenters. The minimum absolute atomic E-state index is 0.259. The summed E-state index contributed by atoms with van der Waals surface area (Å²) >= 11 is 6.18. The molecule has 0 bridgehead atoms. The number of hydrogen-bond donors (Lipinski definition) is 1. The summed E-state index contributed by atoms with van der Waals surface area (Å²) in [6, 6.07) is 24.4. The summed E-state index contributed by atoms with van der Waals surface area (Å²) in [4.78, 5) is 0. The standard InChI is InChI=1S/C28H32ClNO3/c1-4-30-23-13-14-25-24(18-23)26(31-16-15-20-9-6-5-7-10-20)27(28(2,3)33-25)32-19-21-11-8-12-22(29)17-21/h5-14,17-18,26-27,30H,4,15-16,19H2,1-3H3. The van der Waals surface area contributed by atoms with Gasteiger partial charge in [0.15, 0.2) is 0 Å². The van der Waals surface area contributed by atoms with Crippen LogP contribution in [0, 0.1) is 0 Å². The van der Waals surface area contributed by atoms with Gasteiger partial charge in [-0.05, 0) is 68.7 Å². The number of hydrogen-bond acceptors (Lipinski definition) is 4. The van der Waals surface area contributed by atoms with Crippen LogP contribution in [0.2, 0.25) is 5.02 Å². The van der Waals surface area contributed by atoms with Gasteiger partial charge >= 0.3 is 0 Å². The van der Waals surface area contributed by atoms with Crippen LogP contribution in [0.5, 0.6) is 5.75 Å². The topological polar surface area (TPSA) is 39.7 Å². The van der Waals surface area contributed by atoms with Gasteiger partial charge in [0, 0.05) is 22.8 Å². The average Bonchev–Trinajstić information content (AvgIpc) is 2.79. The van der Waals surface area contributed by atoms with Crippen LogP contribution >= 0.6 is 11.6 Å². The van der Waals surface area contributed by atoms with Crippen LogP contribution in [0.15, 0.2) is 72.8 Å². The largest absolute Gasteiger partial charge is 0.485 e. The summed E-state index contributed by atoms with van der Waals surface area (Å²) in [5.74, 6) is 0.842. The van der Waals surface area contributed by atoms with Gasteiger partial charge in [-0.15, -0.1) is 0 Å². The molecule has 5 heteroatoms. The highest BCUT2D eigenvalue weighted by Crippen LogP contribution is 2.44. The van der Waals surface area contributed by atoms with Crippen molar-refractivity contribution in [3.8, 4) is 5.75 Å². The molecule has 174 valence electrons. The minimum Gasteiger partial charge on any atom is -0.485 e. The molecule has 3 aromatic carbocycles. The molecular formula is C28H32ClNO3. The van der Waals surface area contributed by atoms with Gasteiger partial charge in [0.2, 0.25) is 0 Å². The van der Waals surface area contributed by atoms with Crippen molar-refractivity contribution in [2.45, 2.75) is 51.6 Å². The zero-order valence-corrected chi connectivity index (χ0v) is 20.3. The summed E-state index contributed by atoms with van der Waals surface area (Å²) in [5.41, 5.74) is 3.76. The molecule has 1 aliphatic heterocycles. The summed E-state index contributed by atoms with van der Waals surface area (Å²) in [7, 11) is 0. The zero-order chi connectivity index (χ0) is 23.3. The Hall–Kier alpha value is -2.53. The molecule has 0 radical (unpaired) electrons. The summed E-state index contributed by atoms with van der Waals surface area (Å²) in [5, 5.41) is 4.09. The second kappa shape index (κ2) is 10.6. The number of benzene rings is 3. The van der Waals surface area contributed by atoms with Crippen LogP contribution in [-0.4, -0.2) is 24.9 Å². The third kappa shape index (κ3) is 5.89. The SMILES string of the molecule is CCNc1ccc2c(c1)C(OCCc1ccccc1)C(OCc1cccc(Cl)c1)C(C)(C)O2. The number of nitrogens with one attached hydrogen (secondary N) is 1. The number of anilines is 1. The monoisotopic (exact) mass is 465 g/mol. The van der Waals surface area contributed by atoms with Gasteiger partial charge in [-0.2, -0.15) is 0 Å². The van der Waals surface area contributed by atoms with E-state index in [1.54, 1.807) is 0 Å². The number of fused-ring (bicyclic) bond motifs is 1. The number of rotatable bonds is 9. The normalized spacial score (nSPS) is 18.9. The molecule has 0 fully saturated rings. The fourth-order valence-corrected chi connectivity index (χ4v) is 4.49. The molecule has 0 aromatic heterocycles. The Morgan fingerprint density at radius 1 is 0.939 bits per heavy atom. The van der Waals surface area contributed by atoms with Crippen molar-refractivity contribution < 1.29 is 14.2 Å². The molecule has 2 unspecified atom stereocenters. The van der Waals surface area contributed by atoms with E-state index in [1.807, 2.05) is 42.5 Å². The molecule has 1 heterocycles. The van der Waals surface area contributed by atoms with Crippen molar-refractivity contribution in [3.05, 3.63) is 94.5 Å². The molecule has 3 aromatic rings. The van der Waals surface area contributed by atoms with Crippen molar-refractivity contribution in [2.24, 2.45) is 0 Å². The predicted octanol–water partition coefficient (Wildman–Crippen LogP) is 6.83. The number of halogens is 1. The van der Waals surface area contributed by atoms with Crippen molar-refractivity contribution in [2.75, 3.05) is 18.5 Å². The van der Waals surface area contributed by atoms with E-state index in [9.17, 15) is 0 Å². The maximum atomic E-state index is 6.55. The van der Waals surface area contributed by atoms with E-state index < -0.39 is 5.60 Å². The smallest absolute Gasteiger partial charge is 0.132 e.